The van der Waals surface area contributed by atoms with Gasteiger partial charge in [-0.15, -0.1) is 0 Å². The van der Waals surface area contributed by atoms with E-state index in [-0.39, 0.29) is 12.0 Å². The third kappa shape index (κ3) is 1.31. The van der Waals surface area contributed by atoms with Gasteiger partial charge in [0.1, 0.15) is 6.04 Å². The number of carbonyl (C=O) groups excluding carboxylic acids is 1. The molecule has 13 heavy (non-hydrogen) atoms. The molecule has 1 aliphatic heterocycles. The monoisotopic (exact) mass is 181 g/mol. The molecule has 70 valence electrons. The van der Waals surface area contributed by atoms with Gasteiger partial charge in [-0.3, -0.25) is 10.4 Å². The highest BCUT2D eigenvalue weighted by Gasteiger charge is 2.28. The molecule has 1 unspecified atom stereocenters. The Labute approximate surface area is 75.5 Å². The number of aromatic nitrogens is 2. The number of H-pyrrole nitrogens is 1. The van der Waals surface area contributed by atoms with Gasteiger partial charge < -0.3 is 4.74 Å². The first-order valence-corrected chi connectivity index (χ1v) is 4.16. The fourth-order valence-electron chi connectivity index (χ4n) is 1.54. The van der Waals surface area contributed by atoms with Gasteiger partial charge in [-0.25, -0.2) is 4.79 Å². The van der Waals surface area contributed by atoms with Crippen molar-refractivity contribution in [2.75, 3.05) is 13.7 Å². The van der Waals surface area contributed by atoms with Crippen molar-refractivity contribution in [2.24, 2.45) is 0 Å². The lowest BCUT2D eigenvalue weighted by molar-refractivity contribution is -0.143. The Balaban J connectivity index is 2.30. The number of methoxy groups -OCH3 is 1. The number of hydrogen-bond donors (Lipinski definition) is 2. The summed E-state index contributed by atoms with van der Waals surface area (Å²) in [5, 5.41) is 9.77. The van der Waals surface area contributed by atoms with Crippen LogP contribution in [0.4, 0.5) is 0 Å². The topological polar surface area (TPSA) is 67.0 Å². The molecule has 0 aliphatic carbocycles. The second-order valence-electron chi connectivity index (χ2n) is 2.97. The van der Waals surface area contributed by atoms with E-state index >= 15 is 0 Å². The normalized spacial score (nSPS) is 20.8. The van der Waals surface area contributed by atoms with E-state index in [4.69, 9.17) is 0 Å². The number of ether oxygens (including phenoxy) is 1. The van der Waals surface area contributed by atoms with Crippen LogP contribution in [0.15, 0.2) is 6.20 Å². The molecule has 2 N–H and O–H groups in total. The van der Waals surface area contributed by atoms with Crippen LogP contribution >= 0.6 is 0 Å². The van der Waals surface area contributed by atoms with Gasteiger partial charge in [0.25, 0.3) is 0 Å². The van der Waals surface area contributed by atoms with Crippen molar-refractivity contribution in [2.45, 2.75) is 12.5 Å². The Morgan fingerprint density at radius 2 is 2.62 bits per heavy atom. The Kier molecular flexibility index (Phi) is 2.02. The summed E-state index contributed by atoms with van der Waals surface area (Å²) in [4.78, 5) is 11.3. The molecule has 2 heterocycles. The quantitative estimate of drug-likeness (QED) is 0.587. The van der Waals surface area contributed by atoms with Crippen molar-refractivity contribution >= 4 is 5.97 Å². The zero-order valence-electron chi connectivity index (χ0n) is 7.33. The fourth-order valence-corrected chi connectivity index (χ4v) is 1.54. The van der Waals surface area contributed by atoms with Crippen LogP contribution in [0.3, 0.4) is 0 Å². The molecule has 5 nitrogen and oxygen atoms in total. The van der Waals surface area contributed by atoms with Gasteiger partial charge in [0.15, 0.2) is 0 Å². The first-order chi connectivity index (χ1) is 6.33. The zero-order valence-corrected chi connectivity index (χ0v) is 7.33. The first-order valence-electron chi connectivity index (χ1n) is 4.16. The number of nitrogens with one attached hydrogen (secondary N) is 2. The number of fused-ring (bicyclic) bond motifs is 1. The van der Waals surface area contributed by atoms with Crippen LogP contribution in [0.25, 0.3) is 0 Å². The minimum absolute atomic E-state index is 0.273. The summed E-state index contributed by atoms with van der Waals surface area (Å²) < 4.78 is 4.67. The van der Waals surface area contributed by atoms with E-state index in [9.17, 15) is 4.79 Å². The molecule has 0 saturated heterocycles. The summed E-state index contributed by atoms with van der Waals surface area (Å²) in [5.41, 5.74) is 1.92. The van der Waals surface area contributed by atoms with Crippen molar-refractivity contribution in [3.8, 4) is 0 Å². The highest BCUT2D eigenvalue weighted by atomic mass is 16.5. The number of aromatic amines is 1. The summed E-state index contributed by atoms with van der Waals surface area (Å²) in [5.74, 6) is -0.273. The maximum Gasteiger partial charge on any atom is 0.329 e. The summed E-state index contributed by atoms with van der Waals surface area (Å²) in [7, 11) is 1.38. The molecule has 1 aliphatic rings. The Bertz CT molecular complexity index is 321. The van der Waals surface area contributed by atoms with Crippen LogP contribution < -0.4 is 5.32 Å². The SMILES string of the molecule is COC(=O)C1NCCc2cn[nH]c21. The fraction of sp³-hybridized carbons (Fsp3) is 0.500. The summed E-state index contributed by atoms with van der Waals surface area (Å²) >= 11 is 0. The van der Waals surface area contributed by atoms with Crippen LogP contribution in [-0.4, -0.2) is 29.8 Å². The standard InChI is InChI=1S/C8H11N3O2/c1-13-8(12)7-6-5(2-3-9-7)4-10-11-6/h4,7,9H,2-3H2,1H3,(H,10,11). The van der Waals surface area contributed by atoms with Crippen molar-refractivity contribution in [3.63, 3.8) is 0 Å². The van der Waals surface area contributed by atoms with Gasteiger partial charge in [-0.1, -0.05) is 0 Å². The van der Waals surface area contributed by atoms with Gasteiger partial charge in [0.05, 0.1) is 19.0 Å². The van der Waals surface area contributed by atoms with Crippen LogP contribution in [0, 0.1) is 0 Å². The van der Waals surface area contributed by atoms with Crippen LogP contribution in [0.1, 0.15) is 17.3 Å². The molecule has 0 saturated carbocycles. The second kappa shape index (κ2) is 3.18. The molecular formula is C8H11N3O2. The molecule has 0 radical (unpaired) electrons. The third-order valence-electron chi connectivity index (χ3n) is 2.22. The van der Waals surface area contributed by atoms with E-state index in [2.05, 4.69) is 20.3 Å². The molecule has 0 spiro atoms. The molecular weight excluding hydrogens is 170 g/mol. The lowest BCUT2D eigenvalue weighted by Crippen LogP contribution is -2.35. The first kappa shape index (κ1) is 8.25. The number of nitrogens with zero attached hydrogens (tertiary/aromatic N) is 1. The van der Waals surface area contributed by atoms with Crippen molar-refractivity contribution in [1.29, 1.82) is 0 Å². The number of rotatable bonds is 1. The van der Waals surface area contributed by atoms with E-state index < -0.39 is 0 Å². The van der Waals surface area contributed by atoms with Gasteiger partial charge >= 0.3 is 5.97 Å². The zero-order chi connectivity index (χ0) is 9.26. The van der Waals surface area contributed by atoms with E-state index in [0.717, 1.165) is 24.2 Å². The predicted molar refractivity (Wildman–Crippen MR) is 45.1 cm³/mol. The van der Waals surface area contributed by atoms with Gasteiger partial charge in [-0.05, 0) is 12.0 Å². The lowest BCUT2D eigenvalue weighted by atomic mass is 10.0. The predicted octanol–water partition coefficient (Wildman–Crippen LogP) is -0.231. The molecule has 0 amide bonds. The minimum atomic E-state index is -0.378. The van der Waals surface area contributed by atoms with Crippen LogP contribution in [0.5, 0.6) is 0 Å². The average molecular weight is 181 g/mol. The summed E-state index contributed by atoms with van der Waals surface area (Å²) in [6.07, 6.45) is 2.66. The van der Waals surface area contributed by atoms with E-state index in [0.29, 0.717) is 0 Å². The molecule has 5 heteroatoms. The van der Waals surface area contributed by atoms with Crippen molar-refractivity contribution < 1.29 is 9.53 Å². The van der Waals surface area contributed by atoms with Crippen molar-refractivity contribution in [1.82, 2.24) is 15.5 Å². The molecule has 2 rings (SSSR count). The summed E-state index contributed by atoms with van der Waals surface area (Å²) in [6.45, 7) is 0.784. The average Bonchev–Trinajstić information content (AvgIpc) is 2.63. The number of hydrogen-bond acceptors (Lipinski definition) is 4. The maximum atomic E-state index is 11.3. The van der Waals surface area contributed by atoms with Crippen LogP contribution in [-0.2, 0) is 16.0 Å². The highest BCUT2D eigenvalue weighted by Crippen LogP contribution is 2.20. The van der Waals surface area contributed by atoms with Crippen LogP contribution in [0.2, 0.25) is 0 Å². The van der Waals surface area contributed by atoms with E-state index in [1.54, 1.807) is 6.20 Å². The Morgan fingerprint density at radius 3 is 3.38 bits per heavy atom. The molecule has 0 bridgehead atoms. The minimum Gasteiger partial charge on any atom is -0.468 e. The van der Waals surface area contributed by atoms with Crippen molar-refractivity contribution in [3.05, 3.63) is 17.5 Å². The molecule has 1 atom stereocenters. The van der Waals surface area contributed by atoms with Gasteiger partial charge in [0.2, 0.25) is 0 Å². The summed E-state index contributed by atoms with van der Waals surface area (Å²) in [6, 6.07) is -0.378. The smallest absolute Gasteiger partial charge is 0.329 e. The number of carbonyl (C=O) groups is 1. The number of esters is 1. The Morgan fingerprint density at radius 1 is 1.77 bits per heavy atom. The lowest BCUT2D eigenvalue weighted by Gasteiger charge is -2.20. The molecule has 0 fully saturated rings. The third-order valence-corrected chi connectivity index (χ3v) is 2.22. The van der Waals surface area contributed by atoms with Gasteiger partial charge in [-0.2, -0.15) is 5.10 Å². The van der Waals surface area contributed by atoms with E-state index in [1.807, 2.05) is 0 Å². The van der Waals surface area contributed by atoms with E-state index in [1.165, 1.54) is 7.11 Å². The molecule has 0 aromatic carbocycles. The second-order valence-corrected chi connectivity index (χ2v) is 2.97. The molecule has 1 aromatic rings. The highest BCUT2D eigenvalue weighted by molar-refractivity contribution is 5.77. The maximum absolute atomic E-state index is 11.3. The molecule has 1 aromatic heterocycles. The van der Waals surface area contributed by atoms with Gasteiger partial charge in [0, 0.05) is 6.54 Å². The Hall–Kier alpha value is -1.36. The largest absolute Gasteiger partial charge is 0.468 e.